The second kappa shape index (κ2) is 6.79. The van der Waals surface area contributed by atoms with E-state index in [1.54, 1.807) is 4.57 Å². The number of hydrogen-bond acceptors (Lipinski definition) is 6. The van der Waals surface area contributed by atoms with Gasteiger partial charge >= 0.3 is 6.61 Å². The van der Waals surface area contributed by atoms with Crippen molar-refractivity contribution in [2.45, 2.75) is 31.9 Å². The van der Waals surface area contributed by atoms with Gasteiger partial charge in [0.25, 0.3) is 5.56 Å². The summed E-state index contributed by atoms with van der Waals surface area (Å²) in [6.07, 6.45) is 4.61. The summed E-state index contributed by atoms with van der Waals surface area (Å²) in [7, 11) is 2.01. The van der Waals surface area contributed by atoms with Crippen molar-refractivity contribution in [3.63, 3.8) is 0 Å². The van der Waals surface area contributed by atoms with Crippen LogP contribution in [0.1, 0.15) is 19.8 Å². The molecule has 0 saturated carbocycles. The maximum absolute atomic E-state index is 12.5. The van der Waals surface area contributed by atoms with Gasteiger partial charge in [0, 0.05) is 12.6 Å². The van der Waals surface area contributed by atoms with E-state index in [4.69, 9.17) is 0 Å². The van der Waals surface area contributed by atoms with Crippen LogP contribution < -0.4 is 15.6 Å². The predicted molar refractivity (Wildman–Crippen MR) is 87.4 cm³/mol. The summed E-state index contributed by atoms with van der Waals surface area (Å²) in [6, 6.07) is 1.29. The molecule has 3 rings (SSSR count). The first-order chi connectivity index (χ1) is 11.9. The molecule has 1 fully saturated rings. The number of aromatic nitrogens is 4. The number of hydrogen-bond donors (Lipinski definition) is 2. The summed E-state index contributed by atoms with van der Waals surface area (Å²) in [4.78, 5) is 18.6. The highest BCUT2D eigenvalue weighted by Crippen LogP contribution is 2.30. The Morgan fingerprint density at radius 3 is 2.96 bits per heavy atom. The van der Waals surface area contributed by atoms with Crippen LogP contribution in [0.2, 0.25) is 0 Å². The van der Waals surface area contributed by atoms with Crippen molar-refractivity contribution in [3.8, 4) is 5.88 Å². The van der Waals surface area contributed by atoms with Crippen molar-refractivity contribution in [1.82, 2.24) is 24.6 Å². The number of halogens is 2. The molecule has 0 spiro atoms. The number of nitrogens with one attached hydrogen (secondary N) is 2. The number of likely N-dealkylation sites (N-methyl/N-ethyl adjacent to an activating group) is 1. The van der Waals surface area contributed by atoms with Crippen LogP contribution in [0, 0.1) is 0 Å². The number of alkyl halides is 2. The van der Waals surface area contributed by atoms with Gasteiger partial charge in [-0.25, -0.2) is 0 Å². The summed E-state index contributed by atoms with van der Waals surface area (Å²) in [5.41, 5.74) is -0.635. The van der Waals surface area contributed by atoms with Gasteiger partial charge in [0.2, 0.25) is 5.88 Å². The van der Waals surface area contributed by atoms with Crippen LogP contribution in [0.3, 0.4) is 0 Å². The van der Waals surface area contributed by atoms with E-state index >= 15 is 0 Å². The van der Waals surface area contributed by atoms with Crippen molar-refractivity contribution in [3.05, 3.63) is 28.8 Å². The van der Waals surface area contributed by atoms with Crippen molar-refractivity contribution in [2.24, 2.45) is 0 Å². The van der Waals surface area contributed by atoms with Crippen LogP contribution in [0.5, 0.6) is 5.88 Å². The van der Waals surface area contributed by atoms with E-state index in [9.17, 15) is 13.6 Å². The number of rotatable bonds is 5. The molecule has 2 aromatic rings. The van der Waals surface area contributed by atoms with E-state index in [1.807, 2.05) is 14.0 Å². The fourth-order valence-electron chi connectivity index (χ4n) is 3.36. The normalized spacial score (nSPS) is 21.5. The fourth-order valence-corrected chi connectivity index (χ4v) is 3.36. The average molecular weight is 354 g/mol. The molecule has 1 aliphatic rings. The molecule has 8 nitrogen and oxygen atoms in total. The fraction of sp³-hybridized carbons (Fsp3) is 0.533. The van der Waals surface area contributed by atoms with Crippen molar-refractivity contribution in [1.29, 1.82) is 0 Å². The van der Waals surface area contributed by atoms with Gasteiger partial charge < -0.3 is 15.0 Å². The quantitative estimate of drug-likeness (QED) is 0.851. The van der Waals surface area contributed by atoms with Crippen molar-refractivity contribution < 1.29 is 13.5 Å². The van der Waals surface area contributed by atoms with E-state index < -0.39 is 12.2 Å². The zero-order valence-corrected chi connectivity index (χ0v) is 14.0. The molecule has 25 heavy (non-hydrogen) atoms. The standard InChI is InChI=1S/C15H20F2N6O2/c1-15(4-3-5-22(2)9-15)23-11(7-18-8-13(23)24)19-10-6-12(21-20-10)25-14(16)17/h6-8,14H,3-5,9H2,1-2H3,(H2,19,20,21). The Bertz CT molecular complexity index is 792. The minimum atomic E-state index is -2.95. The number of likely N-dealkylation sites (tertiary alicyclic amines) is 1. The molecule has 0 radical (unpaired) electrons. The maximum atomic E-state index is 12.5. The third kappa shape index (κ3) is 3.78. The minimum absolute atomic E-state index is 0.230. The predicted octanol–water partition coefficient (Wildman–Crippen LogP) is 1.75. The molecular formula is C15H20F2N6O2. The van der Waals surface area contributed by atoms with Gasteiger partial charge in [0.15, 0.2) is 0 Å². The first-order valence-electron chi connectivity index (χ1n) is 7.91. The van der Waals surface area contributed by atoms with Crippen molar-refractivity contribution in [2.75, 3.05) is 25.5 Å². The molecule has 0 bridgehead atoms. The number of ether oxygens (including phenoxy) is 1. The van der Waals surface area contributed by atoms with Gasteiger partial charge in [0.05, 0.1) is 17.9 Å². The Hall–Kier alpha value is -2.49. The van der Waals surface area contributed by atoms with E-state index in [2.05, 4.69) is 30.1 Å². The summed E-state index contributed by atoms with van der Waals surface area (Å²) >= 11 is 0. The minimum Gasteiger partial charge on any atom is -0.415 e. The molecule has 1 atom stereocenters. The SMILES string of the molecule is CN1CCCC(C)(n2c(Nc3cc(OC(F)F)n[nH]3)cncc2=O)C1. The number of aromatic amines is 1. The van der Waals surface area contributed by atoms with Crippen LogP contribution >= 0.6 is 0 Å². The molecular weight excluding hydrogens is 334 g/mol. The van der Waals surface area contributed by atoms with Gasteiger partial charge in [0.1, 0.15) is 11.6 Å². The van der Waals surface area contributed by atoms with E-state index in [-0.39, 0.29) is 11.4 Å². The topological polar surface area (TPSA) is 88.1 Å². The first kappa shape index (κ1) is 17.3. The maximum Gasteiger partial charge on any atom is 0.388 e. The van der Waals surface area contributed by atoms with Crippen LogP contribution in [0.4, 0.5) is 20.4 Å². The van der Waals surface area contributed by atoms with Crippen LogP contribution in [0.25, 0.3) is 0 Å². The molecule has 2 aromatic heterocycles. The number of H-pyrrole nitrogens is 1. The molecule has 136 valence electrons. The van der Waals surface area contributed by atoms with E-state index in [0.717, 1.165) is 19.4 Å². The Kier molecular flexibility index (Phi) is 4.71. The lowest BCUT2D eigenvalue weighted by atomic mass is 9.91. The highest BCUT2D eigenvalue weighted by molar-refractivity contribution is 5.52. The lowest BCUT2D eigenvalue weighted by Crippen LogP contribution is -2.50. The van der Waals surface area contributed by atoms with Crippen LogP contribution in [-0.2, 0) is 5.54 Å². The monoisotopic (exact) mass is 354 g/mol. The smallest absolute Gasteiger partial charge is 0.388 e. The number of nitrogens with zero attached hydrogens (tertiary/aromatic N) is 4. The molecule has 10 heteroatoms. The summed E-state index contributed by atoms with van der Waals surface area (Å²) < 4.78 is 30.4. The summed E-state index contributed by atoms with van der Waals surface area (Å²) in [6.45, 7) is 0.763. The molecule has 1 unspecified atom stereocenters. The highest BCUT2D eigenvalue weighted by Gasteiger charge is 2.33. The second-order valence-electron chi connectivity index (χ2n) is 6.43. The van der Waals surface area contributed by atoms with Gasteiger partial charge in [-0.1, -0.05) is 0 Å². The van der Waals surface area contributed by atoms with Gasteiger partial charge in [-0.15, -0.1) is 5.10 Å². The highest BCUT2D eigenvalue weighted by atomic mass is 19.3. The first-order valence-corrected chi connectivity index (χ1v) is 7.91. The largest absolute Gasteiger partial charge is 0.415 e. The number of anilines is 2. The molecule has 1 saturated heterocycles. The lowest BCUT2D eigenvalue weighted by Gasteiger charge is -2.41. The Labute approximate surface area is 142 Å². The van der Waals surface area contributed by atoms with Crippen LogP contribution in [0.15, 0.2) is 23.3 Å². The molecule has 0 aliphatic carbocycles. The Balaban J connectivity index is 1.91. The third-order valence-electron chi connectivity index (χ3n) is 4.28. The Morgan fingerprint density at radius 2 is 2.24 bits per heavy atom. The lowest BCUT2D eigenvalue weighted by molar-refractivity contribution is -0.0528. The molecule has 0 amide bonds. The summed E-state index contributed by atoms with van der Waals surface area (Å²) in [5.74, 6) is 0.543. The third-order valence-corrected chi connectivity index (χ3v) is 4.28. The average Bonchev–Trinajstić information content (AvgIpc) is 2.93. The van der Waals surface area contributed by atoms with E-state index in [1.165, 1.54) is 18.5 Å². The zero-order chi connectivity index (χ0) is 18.0. The van der Waals surface area contributed by atoms with Crippen molar-refractivity contribution >= 4 is 11.6 Å². The van der Waals surface area contributed by atoms with Gasteiger partial charge in [-0.2, -0.15) is 8.78 Å². The Morgan fingerprint density at radius 1 is 1.44 bits per heavy atom. The molecule has 3 heterocycles. The van der Waals surface area contributed by atoms with Gasteiger partial charge in [-0.05, 0) is 33.4 Å². The molecule has 1 aliphatic heterocycles. The molecule has 0 aromatic carbocycles. The van der Waals surface area contributed by atoms with Crippen LogP contribution in [-0.4, -0.2) is 51.4 Å². The zero-order valence-electron chi connectivity index (χ0n) is 14.0. The molecule has 2 N–H and O–H groups in total. The van der Waals surface area contributed by atoms with E-state index in [0.29, 0.717) is 18.2 Å². The summed E-state index contributed by atoms with van der Waals surface area (Å²) in [5, 5.41) is 9.18. The van der Waals surface area contributed by atoms with Gasteiger partial charge in [-0.3, -0.25) is 19.4 Å². The number of piperidine rings is 1. The second-order valence-corrected chi connectivity index (χ2v) is 6.43.